The number of aliphatic carboxylic acids is 1. The molecule has 0 amide bonds. The lowest BCUT2D eigenvalue weighted by atomic mass is 10.1. The van der Waals surface area contributed by atoms with Gasteiger partial charge in [0.15, 0.2) is 0 Å². The maximum atomic E-state index is 10.7. The lowest BCUT2D eigenvalue weighted by molar-refractivity contribution is -0.133. The van der Waals surface area contributed by atoms with E-state index in [1.165, 1.54) is 0 Å². The zero-order valence-corrected chi connectivity index (χ0v) is 7.89. The fourth-order valence-corrected chi connectivity index (χ4v) is 0.785. The molecule has 0 rings (SSSR count). The summed E-state index contributed by atoms with van der Waals surface area (Å²) in [7, 11) is 0. The zero-order valence-electron chi connectivity index (χ0n) is 7.89. The van der Waals surface area contributed by atoms with E-state index in [4.69, 9.17) is 9.84 Å². The molecule has 0 atom stereocenters. The molecule has 0 saturated carbocycles. The van der Waals surface area contributed by atoms with Gasteiger partial charge in [-0.1, -0.05) is 12.5 Å². The maximum absolute atomic E-state index is 10.7. The van der Waals surface area contributed by atoms with Crippen molar-refractivity contribution in [3.8, 4) is 0 Å². The molecule has 1 N–H and O–H groups in total. The van der Waals surface area contributed by atoms with Crippen LogP contribution in [0, 0.1) is 0 Å². The molecule has 0 radical (unpaired) electrons. The molecule has 0 aliphatic carbocycles. The van der Waals surface area contributed by atoms with Gasteiger partial charge in [0.2, 0.25) is 0 Å². The first kappa shape index (κ1) is 11.2. The van der Waals surface area contributed by atoms with Gasteiger partial charge in [-0.2, -0.15) is 0 Å². The molecule has 0 saturated heterocycles. The average molecular weight is 172 g/mol. The lowest BCUT2D eigenvalue weighted by Gasteiger charge is -2.05. The van der Waals surface area contributed by atoms with Gasteiger partial charge < -0.3 is 9.84 Å². The van der Waals surface area contributed by atoms with E-state index in [0.717, 1.165) is 12.0 Å². The van der Waals surface area contributed by atoms with Crippen LogP contribution in [0.4, 0.5) is 0 Å². The number of allylic oxidation sites excluding steroid dienone is 1. The van der Waals surface area contributed by atoms with Crippen molar-refractivity contribution in [2.45, 2.75) is 27.2 Å². The van der Waals surface area contributed by atoms with Gasteiger partial charge in [0.05, 0.1) is 12.2 Å². The first-order chi connectivity index (χ1) is 5.63. The van der Waals surface area contributed by atoms with Gasteiger partial charge in [-0.25, -0.2) is 4.79 Å². The van der Waals surface area contributed by atoms with Gasteiger partial charge in [-0.3, -0.25) is 0 Å². The highest BCUT2D eigenvalue weighted by atomic mass is 16.5. The Balaban J connectivity index is 4.33. The predicted octanol–water partition coefficient (Wildman–Crippen LogP) is 1.83. The van der Waals surface area contributed by atoms with Crippen molar-refractivity contribution < 1.29 is 14.6 Å². The second-order valence-corrected chi connectivity index (χ2v) is 2.55. The van der Waals surface area contributed by atoms with E-state index in [2.05, 4.69) is 0 Å². The topological polar surface area (TPSA) is 46.5 Å². The number of carboxylic acid groups (broad SMARTS) is 1. The van der Waals surface area contributed by atoms with Crippen LogP contribution in [0.3, 0.4) is 0 Å². The first-order valence-electron chi connectivity index (χ1n) is 4.13. The average Bonchev–Trinajstić information content (AvgIpc) is 2.04. The van der Waals surface area contributed by atoms with Crippen LogP contribution in [-0.4, -0.2) is 24.3 Å². The van der Waals surface area contributed by atoms with Gasteiger partial charge in [-0.15, -0.1) is 0 Å². The maximum Gasteiger partial charge on any atom is 0.333 e. The molecular formula is C9H16O3. The van der Waals surface area contributed by atoms with Gasteiger partial charge in [-0.05, 0) is 20.3 Å². The minimum absolute atomic E-state index is 0.214. The van der Waals surface area contributed by atoms with Crippen LogP contribution in [0.15, 0.2) is 11.1 Å². The molecule has 3 nitrogen and oxygen atoms in total. The van der Waals surface area contributed by atoms with Crippen molar-refractivity contribution in [2.75, 3.05) is 13.2 Å². The van der Waals surface area contributed by atoms with Crippen molar-refractivity contribution in [2.24, 2.45) is 0 Å². The summed E-state index contributed by atoms with van der Waals surface area (Å²) in [5.41, 5.74) is 1.27. The molecule has 0 spiro atoms. The van der Waals surface area contributed by atoms with E-state index in [1.807, 2.05) is 20.8 Å². The molecule has 0 fully saturated rings. The Kier molecular flexibility index (Phi) is 5.37. The van der Waals surface area contributed by atoms with E-state index in [1.54, 1.807) is 0 Å². The summed E-state index contributed by atoms with van der Waals surface area (Å²) in [5, 5.41) is 8.76. The monoisotopic (exact) mass is 172 g/mol. The number of ether oxygens (including phenoxy) is 1. The van der Waals surface area contributed by atoms with Gasteiger partial charge in [0.1, 0.15) is 0 Å². The minimum Gasteiger partial charge on any atom is -0.478 e. The molecule has 0 aliphatic heterocycles. The number of carboxylic acids is 1. The first-order valence-corrected chi connectivity index (χ1v) is 4.13. The molecule has 0 bridgehead atoms. The van der Waals surface area contributed by atoms with E-state index < -0.39 is 5.97 Å². The number of hydrogen-bond acceptors (Lipinski definition) is 2. The fourth-order valence-electron chi connectivity index (χ4n) is 0.785. The highest BCUT2D eigenvalue weighted by Crippen LogP contribution is 2.08. The van der Waals surface area contributed by atoms with Gasteiger partial charge in [0, 0.05) is 6.61 Å². The Morgan fingerprint density at radius 2 is 2.00 bits per heavy atom. The Morgan fingerprint density at radius 3 is 2.33 bits per heavy atom. The Bertz CT molecular complexity index is 182. The molecule has 0 heterocycles. The SMILES string of the molecule is CCOC/C(C(=O)O)=C(/C)CC. The summed E-state index contributed by atoms with van der Waals surface area (Å²) < 4.78 is 5.04. The third-order valence-corrected chi connectivity index (χ3v) is 1.75. The van der Waals surface area contributed by atoms with Crippen LogP contribution in [0.5, 0.6) is 0 Å². The van der Waals surface area contributed by atoms with Crippen LogP contribution in [0.2, 0.25) is 0 Å². The van der Waals surface area contributed by atoms with Crippen LogP contribution in [-0.2, 0) is 9.53 Å². The van der Waals surface area contributed by atoms with E-state index in [0.29, 0.717) is 12.2 Å². The smallest absolute Gasteiger partial charge is 0.333 e. The summed E-state index contributed by atoms with van der Waals surface area (Å²) in [6.45, 7) is 6.37. The molecule has 12 heavy (non-hydrogen) atoms. The number of rotatable bonds is 5. The Morgan fingerprint density at radius 1 is 1.42 bits per heavy atom. The van der Waals surface area contributed by atoms with E-state index >= 15 is 0 Å². The van der Waals surface area contributed by atoms with Crippen molar-refractivity contribution in [1.29, 1.82) is 0 Å². The fraction of sp³-hybridized carbons (Fsp3) is 0.667. The Labute approximate surface area is 73.0 Å². The largest absolute Gasteiger partial charge is 0.478 e. The van der Waals surface area contributed by atoms with Crippen LogP contribution >= 0.6 is 0 Å². The molecule has 0 unspecified atom stereocenters. The molecule has 70 valence electrons. The minimum atomic E-state index is -0.872. The normalized spacial score (nSPS) is 12.6. The summed E-state index contributed by atoms with van der Waals surface area (Å²) in [6, 6.07) is 0. The summed E-state index contributed by atoms with van der Waals surface area (Å²) >= 11 is 0. The molecule has 0 aromatic heterocycles. The van der Waals surface area contributed by atoms with Crippen LogP contribution < -0.4 is 0 Å². The Hall–Kier alpha value is -0.830. The highest BCUT2D eigenvalue weighted by molar-refractivity contribution is 5.87. The zero-order chi connectivity index (χ0) is 9.56. The summed E-state index contributed by atoms with van der Waals surface area (Å²) in [6.07, 6.45) is 0.759. The van der Waals surface area contributed by atoms with Crippen molar-refractivity contribution in [1.82, 2.24) is 0 Å². The second kappa shape index (κ2) is 5.77. The number of carbonyl (C=O) groups is 1. The second-order valence-electron chi connectivity index (χ2n) is 2.55. The molecule has 3 heteroatoms. The molecule has 0 aliphatic rings. The molecular weight excluding hydrogens is 156 g/mol. The third kappa shape index (κ3) is 3.53. The standard InChI is InChI=1S/C9H16O3/c1-4-7(3)8(9(10)11)6-12-5-2/h4-6H2,1-3H3,(H,10,11)/b8-7+. The number of hydrogen-bond donors (Lipinski definition) is 1. The molecule has 0 aromatic rings. The van der Waals surface area contributed by atoms with Crippen molar-refractivity contribution in [3.63, 3.8) is 0 Å². The van der Waals surface area contributed by atoms with Crippen LogP contribution in [0.1, 0.15) is 27.2 Å². The van der Waals surface area contributed by atoms with Gasteiger partial charge >= 0.3 is 5.97 Å². The predicted molar refractivity (Wildman–Crippen MR) is 47.1 cm³/mol. The van der Waals surface area contributed by atoms with E-state index in [9.17, 15) is 4.79 Å². The summed E-state index contributed by atoms with van der Waals surface area (Å²) in [4.78, 5) is 10.7. The van der Waals surface area contributed by atoms with Crippen molar-refractivity contribution in [3.05, 3.63) is 11.1 Å². The van der Waals surface area contributed by atoms with Crippen LogP contribution in [0.25, 0.3) is 0 Å². The van der Waals surface area contributed by atoms with Gasteiger partial charge in [0.25, 0.3) is 0 Å². The van der Waals surface area contributed by atoms with E-state index in [-0.39, 0.29) is 6.61 Å². The summed E-state index contributed by atoms with van der Waals surface area (Å²) in [5.74, 6) is -0.872. The quantitative estimate of drug-likeness (QED) is 0.643. The highest BCUT2D eigenvalue weighted by Gasteiger charge is 2.09. The lowest BCUT2D eigenvalue weighted by Crippen LogP contribution is -2.10. The van der Waals surface area contributed by atoms with Crippen molar-refractivity contribution >= 4 is 5.97 Å². The molecule has 0 aromatic carbocycles. The third-order valence-electron chi connectivity index (χ3n) is 1.75.